The molecule has 0 bridgehead atoms. The first-order chi connectivity index (χ1) is 15.1. The molecule has 1 aliphatic rings. The second-order valence-electron chi connectivity index (χ2n) is 8.24. The summed E-state index contributed by atoms with van der Waals surface area (Å²) in [6.07, 6.45) is 2.69. The Hall–Kier alpha value is -2.65. The molecule has 2 heterocycles. The molecule has 1 saturated heterocycles. The van der Waals surface area contributed by atoms with Crippen LogP contribution in [-0.4, -0.2) is 55.5 Å². The SMILES string of the molecule is COc1ccc(N[C@@H](C)C(=O)c2[nH]c(C)c(C(C)=O)c2C)cc1S(=O)(=O)N1CCCCC1. The average molecular weight is 462 g/mol. The minimum Gasteiger partial charge on any atom is -0.495 e. The van der Waals surface area contributed by atoms with Crippen molar-refractivity contribution in [2.45, 2.75) is 57.9 Å². The van der Waals surface area contributed by atoms with Crippen LogP contribution < -0.4 is 10.1 Å². The lowest BCUT2D eigenvalue weighted by Gasteiger charge is -2.27. The number of ketones is 2. The molecule has 0 radical (unpaired) electrons. The van der Waals surface area contributed by atoms with E-state index in [1.165, 1.54) is 24.4 Å². The molecule has 0 amide bonds. The molecule has 1 aromatic carbocycles. The molecule has 0 spiro atoms. The normalized spacial score (nSPS) is 15.9. The summed E-state index contributed by atoms with van der Waals surface area (Å²) >= 11 is 0. The van der Waals surface area contributed by atoms with Crippen LogP contribution in [0.15, 0.2) is 23.1 Å². The molecule has 2 aromatic rings. The summed E-state index contributed by atoms with van der Waals surface area (Å²) in [5.41, 5.74) is 2.68. The van der Waals surface area contributed by atoms with E-state index in [0.717, 1.165) is 19.3 Å². The van der Waals surface area contributed by atoms with Gasteiger partial charge < -0.3 is 15.0 Å². The molecule has 9 heteroatoms. The van der Waals surface area contributed by atoms with Gasteiger partial charge in [-0.2, -0.15) is 4.31 Å². The lowest BCUT2D eigenvalue weighted by Crippen LogP contribution is -2.35. The minimum atomic E-state index is -3.71. The topological polar surface area (TPSA) is 109 Å². The van der Waals surface area contributed by atoms with Gasteiger partial charge in [-0.25, -0.2) is 8.42 Å². The number of sulfonamides is 1. The molecule has 0 unspecified atom stereocenters. The summed E-state index contributed by atoms with van der Waals surface area (Å²) in [6.45, 7) is 7.66. The first kappa shape index (κ1) is 24.0. The van der Waals surface area contributed by atoms with Gasteiger partial charge in [0.25, 0.3) is 0 Å². The fourth-order valence-corrected chi connectivity index (χ4v) is 5.97. The number of aromatic nitrogens is 1. The zero-order valence-corrected chi connectivity index (χ0v) is 20.1. The first-order valence-corrected chi connectivity index (χ1v) is 12.2. The lowest BCUT2D eigenvalue weighted by molar-refractivity contribution is 0.0970. The number of nitrogens with one attached hydrogen (secondary N) is 2. The molecule has 1 aromatic heterocycles. The van der Waals surface area contributed by atoms with Gasteiger partial charge in [0.2, 0.25) is 15.8 Å². The maximum absolute atomic E-state index is 13.2. The van der Waals surface area contributed by atoms with Crippen molar-refractivity contribution >= 4 is 27.3 Å². The number of methoxy groups -OCH3 is 1. The van der Waals surface area contributed by atoms with Crippen molar-refractivity contribution in [2.24, 2.45) is 0 Å². The van der Waals surface area contributed by atoms with E-state index in [1.54, 1.807) is 32.9 Å². The third kappa shape index (κ3) is 4.59. The molecule has 0 saturated carbocycles. The average Bonchev–Trinajstić information content (AvgIpc) is 3.07. The smallest absolute Gasteiger partial charge is 0.246 e. The van der Waals surface area contributed by atoms with Crippen LogP contribution in [0.3, 0.4) is 0 Å². The standard InChI is InChI=1S/C23H31N3O5S/c1-14-21(17(4)27)15(2)25-22(14)23(28)16(3)24-18-9-10-19(31-5)20(13-18)32(29,30)26-11-7-6-8-12-26/h9-10,13,16,24-25H,6-8,11-12H2,1-5H3/t16-/m0/s1. The Bertz CT molecular complexity index is 1130. The Labute approximate surface area is 189 Å². The summed E-state index contributed by atoms with van der Waals surface area (Å²) in [5, 5.41) is 3.10. The molecule has 2 N–H and O–H groups in total. The van der Waals surface area contributed by atoms with E-state index in [2.05, 4.69) is 10.3 Å². The largest absolute Gasteiger partial charge is 0.495 e. The van der Waals surface area contributed by atoms with Gasteiger partial charge in [0.05, 0.1) is 18.8 Å². The number of piperidine rings is 1. The number of anilines is 1. The molecule has 8 nitrogen and oxygen atoms in total. The van der Waals surface area contributed by atoms with Crippen molar-refractivity contribution in [3.05, 3.63) is 40.7 Å². The van der Waals surface area contributed by atoms with E-state index >= 15 is 0 Å². The Morgan fingerprint density at radius 3 is 2.38 bits per heavy atom. The molecular formula is C23H31N3O5S. The summed E-state index contributed by atoms with van der Waals surface area (Å²) in [7, 11) is -2.28. The van der Waals surface area contributed by atoms with E-state index in [4.69, 9.17) is 4.74 Å². The third-order valence-corrected chi connectivity index (χ3v) is 7.83. The Morgan fingerprint density at radius 1 is 1.16 bits per heavy atom. The number of ether oxygens (including phenoxy) is 1. The predicted octanol–water partition coefficient (Wildman–Crippen LogP) is 3.70. The van der Waals surface area contributed by atoms with Crippen LogP contribution in [0.4, 0.5) is 5.69 Å². The van der Waals surface area contributed by atoms with Crippen LogP contribution in [0.25, 0.3) is 0 Å². The number of rotatable bonds is 8. The highest BCUT2D eigenvalue weighted by Crippen LogP contribution is 2.31. The summed E-state index contributed by atoms with van der Waals surface area (Å²) < 4.78 is 33.2. The zero-order valence-electron chi connectivity index (χ0n) is 19.2. The van der Waals surface area contributed by atoms with Gasteiger partial charge >= 0.3 is 0 Å². The quantitative estimate of drug-likeness (QED) is 0.580. The van der Waals surface area contributed by atoms with Crippen LogP contribution in [-0.2, 0) is 10.0 Å². The number of aryl methyl sites for hydroxylation is 1. The maximum Gasteiger partial charge on any atom is 0.246 e. The molecule has 1 fully saturated rings. The van der Waals surface area contributed by atoms with Gasteiger partial charge in [0.15, 0.2) is 5.78 Å². The molecular weight excluding hydrogens is 430 g/mol. The zero-order chi connectivity index (χ0) is 23.6. The van der Waals surface area contributed by atoms with Crippen LogP contribution in [0, 0.1) is 13.8 Å². The molecule has 3 rings (SSSR count). The Morgan fingerprint density at radius 2 is 1.81 bits per heavy atom. The first-order valence-electron chi connectivity index (χ1n) is 10.8. The highest BCUT2D eigenvalue weighted by molar-refractivity contribution is 7.89. The summed E-state index contributed by atoms with van der Waals surface area (Å²) in [4.78, 5) is 28.0. The maximum atomic E-state index is 13.2. The highest BCUT2D eigenvalue weighted by Gasteiger charge is 2.30. The molecule has 174 valence electrons. The number of aromatic amines is 1. The lowest BCUT2D eigenvalue weighted by atomic mass is 10.0. The fraction of sp³-hybridized carbons (Fsp3) is 0.478. The second kappa shape index (κ2) is 9.46. The number of benzene rings is 1. The number of carbonyl (C=O) groups is 2. The van der Waals surface area contributed by atoms with Gasteiger partial charge in [0, 0.05) is 30.0 Å². The molecule has 1 aliphatic heterocycles. The monoisotopic (exact) mass is 461 g/mol. The molecule has 32 heavy (non-hydrogen) atoms. The Kier molecular flexibility index (Phi) is 7.09. The van der Waals surface area contributed by atoms with Crippen LogP contribution >= 0.6 is 0 Å². The number of hydrogen-bond donors (Lipinski definition) is 2. The van der Waals surface area contributed by atoms with Crippen molar-refractivity contribution in [1.82, 2.24) is 9.29 Å². The summed E-state index contributed by atoms with van der Waals surface area (Å²) in [6, 6.07) is 4.14. The van der Waals surface area contributed by atoms with Crippen LogP contribution in [0.1, 0.15) is 65.2 Å². The highest BCUT2D eigenvalue weighted by atomic mass is 32.2. The van der Waals surface area contributed by atoms with Gasteiger partial charge in [0.1, 0.15) is 10.6 Å². The third-order valence-electron chi connectivity index (χ3n) is 5.91. The van der Waals surface area contributed by atoms with E-state index in [9.17, 15) is 18.0 Å². The van der Waals surface area contributed by atoms with E-state index in [-0.39, 0.29) is 22.2 Å². The Balaban J connectivity index is 1.88. The van der Waals surface area contributed by atoms with Crippen molar-refractivity contribution < 1.29 is 22.7 Å². The van der Waals surface area contributed by atoms with Crippen LogP contribution in [0.2, 0.25) is 0 Å². The predicted molar refractivity (Wildman–Crippen MR) is 123 cm³/mol. The molecule has 1 atom stereocenters. The van der Waals surface area contributed by atoms with E-state index < -0.39 is 16.1 Å². The van der Waals surface area contributed by atoms with Crippen molar-refractivity contribution in [2.75, 3.05) is 25.5 Å². The van der Waals surface area contributed by atoms with Gasteiger partial charge in [-0.3, -0.25) is 9.59 Å². The van der Waals surface area contributed by atoms with E-state index in [0.29, 0.717) is 41.3 Å². The minimum absolute atomic E-state index is 0.0808. The fourth-order valence-electron chi connectivity index (χ4n) is 4.27. The number of carbonyl (C=O) groups excluding carboxylic acids is 2. The number of H-pyrrole nitrogens is 1. The van der Waals surface area contributed by atoms with Gasteiger partial charge in [-0.05, 0) is 64.3 Å². The van der Waals surface area contributed by atoms with Crippen molar-refractivity contribution in [1.29, 1.82) is 0 Å². The summed E-state index contributed by atoms with van der Waals surface area (Å²) in [5.74, 6) is -0.0463. The molecule has 0 aliphatic carbocycles. The van der Waals surface area contributed by atoms with Crippen LogP contribution in [0.5, 0.6) is 5.75 Å². The number of nitrogens with zero attached hydrogens (tertiary/aromatic N) is 1. The van der Waals surface area contributed by atoms with Crippen molar-refractivity contribution in [3.63, 3.8) is 0 Å². The number of hydrogen-bond acceptors (Lipinski definition) is 6. The van der Waals surface area contributed by atoms with Gasteiger partial charge in [-0.15, -0.1) is 0 Å². The van der Waals surface area contributed by atoms with Crippen molar-refractivity contribution in [3.8, 4) is 5.75 Å². The second-order valence-corrected chi connectivity index (χ2v) is 10.1. The van der Waals surface area contributed by atoms with E-state index in [1.807, 2.05) is 0 Å². The van der Waals surface area contributed by atoms with Gasteiger partial charge in [-0.1, -0.05) is 6.42 Å². The number of Topliss-reactive ketones (excluding diaryl/α,β-unsaturated/α-hetero) is 2.